The van der Waals surface area contributed by atoms with E-state index in [1.807, 2.05) is 21.7 Å². The van der Waals surface area contributed by atoms with Gasteiger partial charge < -0.3 is 24.8 Å². The van der Waals surface area contributed by atoms with Crippen molar-refractivity contribution < 1.29 is 23.1 Å². The molecule has 0 atom stereocenters. The van der Waals surface area contributed by atoms with Gasteiger partial charge in [-0.1, -0.05) is 0 Å². The van der Waals surface area contributed by atoms with E-state index in [1.165, 1.54) is 12.3 Å². The summed E-state index contributed by atoms with van der Waals surface area (Å²) < 4.78 is 34.3. The second-order valence-electron chi connectivity index (χ2n) is 9.05. The first-order valence-corrected chi connectivity index (χ1v) is 11.8. The molecule has 2 amide bonds. The van der Waals surface area contributed by atoms with Gasteiger partial charge in [0.15, 0.2) is 0 Å². The van der Waals surface area contributed by atoms with Crippen LogP contribution in [-0.2, 0) is 22.0 Å². The lowest BCUT2D eigenvalue weighted by atomic mass is 10.0. The molecule has 0 bridgehead atoms. The Balaban J connectivity index is 1.22. The molecule has 1 aliphatic heterocycles. The zero-order chi connectivity index (χ0) is 25.9. The normalized spacial score (nSPS) is 14.8. The summed E-state index contributed by atoms with van der Waals surface area (Å²) in [6, 6.07) is 8.36. The van der Waals surface area contributed by atoms with Crippen LogP contribution in [0.4, 0.5) is 14.6 Å². The van der Waals surface area contributed by atoms with E-state index in [9.17, 15) is 18.4 Å². The summed E-state index contributed by atoms with van der Waals surface area (Å²) in [4.78, 5) is 36.3. The molecule has 4 rings (SSSR count). The number of ether oxygens (including phenoxy) is 1. The Morgan fingerprint density at radius 3 is 2.58 bits per heavy atom. The van der Waals surface area contributed by atoms with Gasteiger partial charge in [0.1, 0.15) is 23.8 Å². The average Bonchev–Trinajstić information content (AvgIpc) is 3.28. The van der Waals surface area contributed by atoms with Crippen LogP contribution in [0.5, 0.6) is 0 Å². The summed E-state index contributed by atoms with van der Waals surface area (Å²) in [5, 5.41) is 0.886. The number of hydrogen-bond donors (Lipinski definition) is 1. The molecule has 1 fully saturated rings. The van der Waals surface area contributed by atoms with Gasteiger partial charge in [0, 0.05) is 63.0 Å². The molecule has 9 nitrogen and oxygen atoms in total. The number of aromatic nitrogens is 3. The third-order valence-corrected chi connectivity index (χ3v) is 6.55. The summed E-state index contributed by atoms with van der Waals surface area (Å²) in [5.74, 6) is -2.94. The molecule has 0 aromatic carbocycles. The highest BCUT2D eigenvalue weighted by molar-refractivity contribution is 5.93. The van der Waals surface area contributed by atoms with Crippen molar-refractivity contribution >= 4 is 28.7 Å². The number of anilines is 1. The van der Waals surface area contributed by atoms with Crippen molar-refractivity contribution in [1.82, 2.24) is 19.4 Å². The first-order valence-electron chi connectivity index (χ1n) is 11.8. The van der Waals surface area contributed by atoms with E-state index < -0.39 is 11.8 Å². The molecule has 3 aromatic heterocycles. The molecule has 2 N–H and O–H groups in total. The molecule has 0 radical (unpaired) electrons. The molecule has 0 unspecified atom stereocenters. The zero-order valence-corrected chi connectivity index (χ0v) is 20.4. The third kappa shape index (κ3) is 5.78. The SMILES string of the molecule is CN(C(=O)COCCn1ccc2ccc(C(N)=O)nc21)C1CCN(c2ccc(C(C)(F)F)cn2)CC1. The van der Waals surface area contributed by atoms with Crippen LogP contribution in [0.2, 0.25) is 0 Å². The Labute approximate surface area is 207 Å². The molecule has 4 heterocycles. The van der Waals surface area contributed by atoms with Gasteiger partial charge in [0.25, 0.3) is 11.8 Å². The summed E-state index contributed by atoms with van der Waals surface area (Å²) >= 11 is 0. The minimum absolute atomic E-state index is 0.0376. The van der Waals surface area contributed by atoms with Crippen molar-refractivity contribution in [3.8, 4) is 0 Å². The second kappa shape index (κ2) is 10.6. The van der Waals surface area contributed by atoms with Crippen LogP contribution >= 0.6 is 0 Å². The predicted molar refractivity (Wildman–Crippen MR) is 131 cm³/mol. The molecule has 11 heteroatoms. The number of carbonyl (C=O) groups excluding carboxylic acids is 2. The van der Waals surface area contributed by atoms with Crippen molar-refractivity contribution in [2.45, 2.75) is 38.3 Å². The first kappa shape index (κ1) is 25.5. The van der Waals surface area contributed by atoms with Crippen LogP contribution in [0.1, 0.15) is 35.8 Å². The molecule has 0 aliphatic carbocycles. The van der Waals surface area contributed by atoms with Crippen molar-refractivity contribution in [2.24, 2.45) is 5.73 Å². The fourth-order valence-electron chi connectivity index (χ4n) is 4.32. The fourth-order valence-corrected chi connectivity index (χ4v) is 4.32. The lowest BCUT2D eigenvalue weighted by Gasteiger charge is -2.37. The van der Waals surface area contributed by atoms with E-state index in [1.54, 1.807) is 30.1 Å². The topological polar surface area (TPSA) is 107 Å². The molecule has 3 aromatic rings. The van der Waals surface area contributed by atoms with E-state index in [2.05, 4.69) is 9.97 Å². The van der Waals surface area contributed by atoms with Gasteiger partial charge >= 0.3 is 0 Å². The highest BCUT2D eigenvalue weighted by Crippen LogP contribution is 2.28. The lowest BCUT2D eigenvalue weighted by molar-refractivity contribution is -0.137. The Morgan fingerprint density at radius 1 is 1.19 bits per heavy atom. The summed E-state index contributed by atoms with van der Waals surface area (Å²) in [6.07, 6.45) is 4.57. The first-order chi connectivity index (χ1) is 17.1. The molecule has 0 saturated carbocycles. The lowest BCUT2D eigenvalue weighted by Crippen LogP contribution is -2.46. The maximum Gasteiger partial charge on any atom is 0.272 e. The van der Waals surface area contributed by atoms with Crippen LogP contribution < -0.4 is 10.6 Å². The van der Waals surface area contributed by atoms with Gasteiger partial charge in [-0.2, -0.15) is 0 Å². The van der Waals surface area contributed by atoms with Gasteiger partial charge in [-0.05, 0) is 43.2 Å². The Morgan fingerprint density at radius 2 is 1.94 bits per heavy atom. The number of nitrogens with zero attached hydrogens (tertiary/aromatic N) is 5. The molecule has 36 heavy (non-hydrogen) atoms. The van der Waals surface area contributed by atoms with Crippen LogP contribution in [-0.4, -0.2) is 70.6 Å². The Bertz CT molecular complexity index is 1220. The minimum Gasteiger partial charge on any atom is -0.370 e. The van der Waals surface area contributed by atoms with Crippen LogP contribution in [0.15, 0.2) is 42.7 Å². The quantitative estimate of drug-likeness (QED) is 0.453. The smallest absolute Gasteiger partial charge is 0.272 e. The van der Waals surface area contributed by atoms with Crippen molar-refractivity contribution in [1.29, 1.82) is 0 Å². The number of rotatable bonds is 9. The van der Waals surface area contributed by atoms with Crippen molar-refractivity contribution in [2.75, 3.05) is 38.3 Å². The van der Waals surface area contributed by atoms with Gasteiger partial charge in [0.2, 0.25) is 5.91 Å². The summed E-state index contributed by atoms with van der Waals surface area (Å²) in [6.45, 7) is 2.96. The second-order valence-corrected chi connectivity index (χ2v) is 9.05. The van der Waals surface area contributed by atoms with Gasteiger partial charge in [-0.25, -0.2) is 18.7 Å². The number of carbonyl (C=O) groups is 2. The zero-order valence-electron chi connectivity index (χ0n) is 20.4. The number of piperidine rings is 1. The van der Waals surface area contributed by atoms with Gasteiger partial charge in [0.05, 0.1) is 6.61 Å². The number of likely N-dealkylation sites (N-methyl/N-ethyl adjacent to an activating group) is 1. The predicted octanol–water partition coefficient (Wildman–Crippen LogP) is 2.79. The largest absolute Gasteiger partial charge is 0.370 e. The molecular weight excluding hydrogens is 470 g/mol. The number of amides is 2. The Kier molecular flexibility index (Phi) is 7.48. The highest BCUT2D eigenvalue weighted by atomic mass is 19.3. The van der Waals surface area contributed by atoms with Crippen molar-refractivity contribution in [3.05, 3.63) is 54.0 Å². The molecule has 192 valence electrons. The maximum absolute atomic E-state index is 13.4. The molecule has 0 spiro atoms. The number of fused-ring (bicyclic) bond motifs is 1. The molecular formula is C25H30F2N6O3. The Hall–Kier alpha value is -3.60. The van der Waals surface area contributed by atoms with Crippen LogP contribution in [0.25, 0.3) is 11.0 Å². The van der Waals surface area contributed by atoms with Crippen LogP contribution in [0, 0.1) is 0 Å². The van der Waals surface area contributed by atoms with E-state index in [-0.39, 0.29) is 29.8 Å². The number of alkyl halides is 2. The number of pyridine rings is 2. The standard InChI is InChI=1S/C25H30F2N6O3/c1-25(26,27)18-4-6-21(29-15-18)32-11-8-19(9-12-32)31(2)22(34)16-36-14-13-33-10-7-17-3-5-20(23(28)35)30-24(17)33/h3-7,10,15,19H,8-9,11-14,16H2,1-2H3,(H2,28,35). The van der Waals surface area contributed by atoms with Crippen molar-refractivity contribution in [3.63, 3.8) is 0 Å². The number of hydrogen-bond acceptors (Lipinski definition) is 6. The summed E-state index contributed by atoms with van der Waals surface area (Å²) in [7, 11) is 1.77. The van der Waals surface area contributed by atoms with Gasteiger partial charge in [-0.15, -0.1) is 0 Å². The monoisotopic (exact) mass is 500 g/mol. The minimum atomic E-state index is -2.91. The fraction of sp³-hybridized carbons (Fsp3) is 0.440. The highest BCUT2D eigenvalue weighted by Gasteiger charge is 2.27. The average molecular weight is 501 g/mol. The van der Waals surface area contributed by atoms with Crippen LogP contribution in [0.3, 0.4) is 0 Å². The number of nitrogens with two attached hydrogens (primary N) is 1. The van der Waals surface area contributed by atoms with Gasteiger partial charge in [-0.3, -0.25) is 9.59 Å². The number of primary amides is 1. The van der Waals surface area contributed by atoms with E-state index in [4.69, 9.17) is 10.5 Å². The third-order valence-electron chi connectivity index (χ3n) is 6.55. The number of halogens is 2. The molecule has 1 saturated heterocycles. The summed E-state index contributed by atoms with van der Waals surface area (Å²) in [5.41, 5.74) is 6.04. The molecule has 1 aliphatic rings. The van der Waals surface area contributed by atoms with E-state index in [0.717, 1.165) is 25.2 Å². The van der Waals surface area contributed by atoms with E-state index >= 15 is 0 Å². The van der Waals surface area contributed by atoms with E-state index in [0.29, 0.717) is 37.7 Å². The maximum atomic E-state index is 13.4.